The lowest BCUT2D eigenvalue weighted by Crippen LogP contribution is -2.42. The third-order valence-electron chi connectivity index (χ3n) is 4.08. The average molecular weight is 388 g/mol. The molecular weight excluding hydrogens is 368 g/mol. The van der Waals surface area contributed by atoms with Gasteiger partial charge in [-0.2, -0.15) is 0 Å². The summed E-state index contributed by atoms with van der Waals surface area (Å²) in [6, 6.07) is 14.4. The number of carbonyl (C=O) groups excluding carboxylic acids is 1. The van der Waals surface area contributed by atoms with Crippen LogP contribution in [0.25, 0.3) is 11.0 Å². The van der Waals surface area contributed by atoms with Gasteiger partial charge in [-0.05, 0) is 43.3 Å². The molecule has 0 saturated heterocycles. The number of nitrogens with one attached hydrogen (secondary N) is 1. The van der Waals surface area contributed by atoms with Gasteiger partial charge in [0.15, 0.2) is 0 Å². The molecule has 0 aliphatic rings. The Kier molecular flexibility index (Phi) is 5.36. The monoisotopic (exact) mass is 388 g/mol. The number of methoxy groups -OCH3 is 1. The van der Waals surface area contributed by atoms with Crippen molar-refractivity contribution in [3.8, 4) is 5.75 Å². The summed E-state index contributed by atoms with van der Waals surface area (Å²) < 4.78 is 37.7. The number of para-hydroxylation sites is 1. The van der Waals surface area contributed by atoms with Crippen LogP contribution in [0.3, 0.4) is 0 Å². The maximum Gasteiger partial charge on any atom is 0.331 e. The first-order valence-corrected chi connectivity index (χ1v) is 9.84. The van der Waals surface area contributed by atoms with E-state index >= 15 is 0 Å². The Morgan fingerprint density at radius 2 is 1.85 bits per heavy atom. The molecule has 0 aliphatic carbocycles. The summed E-state index contributed by atoms with van der Waals surface area (Å²) in [5.41, 5.74) is 0.717. The van der Waals surface area contributed by atoms with Gasteiger partial charge < -0.3 is 14.1 Å². The van der Waals surface area contributed by atoms with Crippen LogP contribution >= 0.6 is 0 Å². The van der Waals surface area contributed by atoms with Crippen LogP contribution in [0.5, 0.6) is 5.75 Å². The molecule has 2 amide bonds. The van der Waals surface area contributed by atoms with E-state index in [2.05, 4.69) is 4.72 Å². The van der Waals surface area contributed by atoms with Crippen molar-refractivity contribution < 1.29 is 22.4 Å². The number of furan rings is 1. The van der Waals surface area contributed by atoms with Gasteiger partial charge in [-0.25, -0.2) is 17.9 Å². The minimum absolute atomic E-state index is 0.0172. The van der Waals surface area contributed by atoms with Gasteiger partial charge in [0.2, 0.25) is 0 Å². The van der Waals surface area contributed by atoms with Crippen LogP contribution in [-0.2, 0) is 16.6 Å². The van der Waals surface area contributed by atoms with Crippen LogP contribution in [0.2, 0.25) is 0 Å². The SMILES string of the molecule is CCN(Cc1cc2ccccc2o1)C(=O)NS(=O)(=O)c1ccc(OC)cc1. The summed E-state index contributed by atoms with van der Waals surface area (Å²) in [6.07, 6.45) is 0. The predicted molar refractivity (Wildman–Crippen MR) is 101 cm³/mol. The molecule has 0 atom stereocenters. The van der Waals surface area contributed by atoms with Crippen molar-refractivity contribution >= 4 is 27.0 Å². The number of hydrogen-bond donors (Lipinski definition) is 1. The maximum atomic E-state index is 12.5. The maximum absolute atomic E-state index is 12.5. The Bertz CT molecular complexity index is 1010. The standard InChI is InChI=1S/C19H20N2O5S/c1-3-21(13-16-12-14-6-4-5-7-18(14)26-16)19(22)20-27(23,24)17-10-8-15(25-2)9-11-17/h4-12H,3,13H2,1-2H3,(H,20,22). The van der Waals surface area contributed by atoms with Crippen molar-refractivity contribution in [1.82, 2.24) is 9.62 Å². The van der Waals surface area contributed by atoms with Crippen LogP contribution in [0.1, 0.15) is 12.7 Å². The molecule has 0 fully saturated rings. The van der Waals surface area contributed by atoms with Crippen molar-refractivity contribution in [3.05, 3.63) is 60.4 Å². The topological polar surface area (TPSA) is 88.9 Å². The molecule has 27 heavy (non-hydrogen) atoms. The Morgan fingerprint density at radius 1 is 1.15 bits per heavy atom. The normalized spacial score (nSPS) is 11.3. The van der Waals surface area contributed by atoms with Gasteiger partial charge in [0.05, 0.1) is 18.6 Å². The zero-order chi connectivity index (χ0) is 19.4. The minimum Gasteiger partial charge on any atom is -0.497 e. The Labute approximate surface area is 157 Å². The van der Waals surface area contributed by atoms with Crippen LogP contribution in [-0.4, -0.2) is 33.0 Å². The van der Waals surface area contributed by atoms with Gasteiger partial charge in [0, 0.05) is 11.9 Å². The fraction of sp³-hybridized carbons (Fsp3) is 0.211. The molecule has 0 bridgehead atoms. The Balaban J connectivity index is 1.73. The molecule has 0 unspecified atom stereocenters. The number of hydrogen-bond acceptors (Lipinski definition) is 5. The molecule has 7 nitrogen and oxygen atoms in total. The smallest absolute Gasteiger partial charge is 0.331 e. The fourth-order valence-electron chi connectivity index (χ4n) is 2.62. The highest BCUT2D eigenvalue weighted by Gasteiger charge is 2.22. The summed E-state index contributed by atoms with van der Waals surface area (Å²) >= 11 is 0. The molecular formula is C19H20N2O5S. The first kappa shape index (κ1) is 18.8. The largest absolute Gasteiger partial charge is 0.497 e. The van der Waals surface area contributed by atoms with E-state index in [0.29, 0.717) is 18.1 Å². The summed E-state index contributed by atoms with van der Waals surface area (Å²) in [4.78, 5) is 13.8. The van der Waals surface area contributed by atoms with Crippen molar-refractivity contribution in [1.29, 1.82) is 0 Å². The van der Waals surface area contributed by atoms with Crippen LogP contribution < -0.4 is 9.46 Å². The fourth-order valence-corrected chi connectivity index (χ4v) is 3.59. The number of benzene rings is 2. The molecule has 0 saturated carbocycles. The average Bonchev–Trinajstić information content (AvgIpc) is 3.08. The van der Waals surface area contributed by atoms with Crippen molar-refractivity contribution in [2.24, 2.45) is 0 Å². The van der Waals surface area contributed by atoms with Gasteiger partial charge in [0.25, 0.3) is 10.0 Å². The summed E-state index contributed by atoms with van der Waals surface area (Å²) in [5.74, 6) is 1.11. The quantitative estimate of drug-likeness (QED) is 0.699. The van der Waals surface area contributed by atoms with Gasteiger partial charge in [-0.3, -0.25) is 0 Å². The number of nitrogens with zero attached hydrogens (tertiary/aromatic N) is 1. The predicted octanol–water partition coefficient (Wildman–Crippen LogP) is 3.36. The minimum atomic E-state index is -3.98. The molecule has 1 aromatic heterocycles. The molecule has 0 spiro atoms. The van der Waals surface area contributed by atoms with Crippen LogP contribution in [0, 0.1) is 0 Å². The molecule has 8 heteroatoms. The lowest BCUT2D eigenvalue weighted by molar-refractivity contribution is 0.200. The van der Waals surface area contributed by atoms with Crippen LogP contribution in [0.15, 0.2) is 63.9 Å². The Hall–Kier alpha value is -3.00. The first-order valence-electron chi connectivity index (χ1n) is 8.36. The van der Waals surface area contributed by atoms with E-state index in [1.165, 1.54) is 36.3 Å². The number of urea groups is 1. The van der Waals surface area contributed by atoms with E-state index in [1.807, 2.05) is 30.3 Å². The van der Waals surface area contributed by atoms with Gasteiger partial charge >= 0.3 is 6.03 Å². The van der Waals surface area contributed by atoms with E-state index in [4.69, 9.17) is 9.15 Å². The highest BCUT2D eigenvalue weighted by Crippen LogP contribution is 2.20. The Morgan fingerprint density at radius 3 is 2.48 bits per heavy atom. The highest BCUT2D eigenvalue weighted by molar-refractivity contribution is 7.90. The summed E-state index contributed by atoms with van der Waals surface area (Å²) in [6.45, 7) is 2.25. The first-order chi connectivity index (χ1) is 12.9. The second-order valence-corrected chi connectivity index (χ2v) is 7.53. The number of ether oxygens (including phenoxy) is 1. The number of rotatable bonds is 6. The molecule has 2 aromatic carbocycles. The number of sulfonamides is 1. The van der Waals surface area contributed by atoms with Crippen molar-refractivity contribution in [3.63, 3.8) is 0 Å². The second kappa shape index (κ2) is 7.71. The second-order valence-electron chi connectivity index (χ2n) is 5.85. The highest BCUT2D eigenvalue weighted by atomic mass is 32.2. The zero-order valence-electron chi connectivity index (χ0n) is 15.0. The lowest BCUT2D eigenvalue weighted by atomic mass is 10.2. The van der Waals surface area contributed by atoms with E-state index in [0.717, 1.165) is 11.0 Å². The van der Waals surface area contributed by atoms with Crippen molar-refractivity contribution in [2.45, 2.75) is 18.4 Å². The van der Waals surface area contributed by atoms with Crippen molar-refractivity contribution in [2.75, 3.05) is 13.7 Å². The molecule has 1 N–H and O–H groups in total. The molecule has 142 valence electrons. The lowest BCUT2D eigenvalue weighted by Gasteiger charge is -2.20. The number of fused-ring (bicyclic) bond motifs is 1. The van der Waals surface area contributed by atoms with E-state index in [1.54, 1.807) is 6.92 Å². The zero-order valence-corrected chi connectivity index (χ0v) is 15.8. The van der Waals surface area contributed by atoms with E-state index in [-0.39, 0.29) is 11.4 Å². The van der Waals surface area contributed by atoms with Crippen LogP contribution in [0.4, 0.5) is 4.79 Å². The summed E-state index contributed by atoms with van der Waals surface area (Å²) in [5, 5.41) is 0.926. The number of amides is 2. The molecule has 3 aromatic rings. The molecule has 1 heterocycles. The van der Waals surface area contributed by atoms with E-state index < -0.39 is 16.1 Å². The van der Waals surface area contributed by atoms with Gasteiger partial charge in [-0.1, -0.05) is 18.2 Å². The van der Waals surface area contributed by atoms with Gasteiger partial charge in [0.1, 0.15) is 17.1 Å². The molecule has 3 rings (SSSR count). The van der Waals surface area contributed by atoms with Gasteiger partial charge in [-0.15, -0.1) is 0 Å². The number of carbonyl (C=O) groups is 1. The molecule has 0 radical (unpaired) electrons. The van der Waals surface area contributed by atoms with E-state index in [9.17, 15) is 13.2 Å². The molecule has 0 aliphatic heterocycles. The third kappa shape index (κ3) is 4.22. The third-order valence-corrected chi connectivity index (χ3v) is 5.42. The summed E-state index contributed by atoms with van der Waals surface area (Å²) in [7, 11) is -2.50.